The first-order valence-corrected chi connectivity index (χ1v) is 14.1. The number of nitrogens with zero attached hydrogens (tertiary/aromatic N) is 1. The second-order valence-corrected chi connectivity index (χ2v) is 11.8. The van der Waals surface area contributed by atoms with E-state index in [2.05, 4.69) is 41.9 Å². The summed E-state index contributed by atoms with van der Waals surface area (Å²) >= 11 is 3.85. The van der Waals surface area contributed by atoms with E-state index in [4.69, 9.17) is 18.9 Å². The molecule has 1 rings (SSSR count). The van der Waals surface area contributed by atoms with Gasteiger partial charge in [-0.15, -0.1) is 0 Å². The van der Waals surface area contributed by atoms with Crippen LogP contribution in [0.25, 0.3) is 0 Å². The van der Waals surface area contributed by atoms with Crippen molar-refractivity contribution in [1.29, 1.82) is 0 Å². The van der Waals surface area contributed by atoms with Crippen LogP contribution >= 0.6 is 15.9 Å². The van der Waals surface area contributed by atoms with Gasteiger partial charge in [-0.3, -0.25) is 9.59 Å². The zero-order valence-corrected chi connectivity index (χ0v) is 25.8. The number of ether oxygens (including phenoxy) is 4. The summed E-state index contributed by atoms with van der Waals surface area (Å²) in [7, 11) is 6.86. The molecular formula is C29H48BrNO6. The number of hydrogen-bond donors (Lipinski definition) is 0. The SMILES string of the molecule is COCCCOc1cc(C[C@@H](C[C@@H](Br)[C@H](C[C@H](C(=O)N(C)C)C(C)C)OC(C)=O)C(C)C)ccc1OC. The van der Waals surface area contributed by atoms with E-state index >= 15 is 0 Å². The molecule has 0 aliphatic rings. The normalized spacial score (nSPS) is 14.7. The Morgan fingerprint density at radius 2 is 1.65 bits per heavy atom. The van der Waals surface area contributed by atoms with Crippen molar-refractivity contribution < 1.29 is 28.5 Å². The standard InChI is InChI=1S/C29H48BrNO6/c1-19(2)23(15-22-11-12-26(35-9)28(16-22)36-14-10-13-34-8)17-25(30)27(37-21(5)32)18-24(20(3)4)29(33)31(6)7/h11-12,16,19-20,23-25,27H,10,13-15,17-18H2,1-9H3/t23-,24-,25+,27-/m0/s1. The van der Waals surface area contributed by atoms with Gasteiger partial charge in [0.2, 0.25) is 5.91 Å². The van der Waals surface area contributed by atoms with Crippen LogP contribution in [0.4, 0.5) is 0 Å². The van der Waals surface area contributed by atoms with Crippen molar-refractivity contribution in [1.82, 2.24) is 4.90 Å². The maximum Gasteiger partial charge on any atom is 0.302 e. The van der Waals surface area contributed by atoms with E-state index in [1.54, 1.807) is 33.2 Å². The molecule has 37 heavy (non-hydrogen) atoms. The quantitative estimate of drug-likeness (QED) is 0.131. The molecule has 0 spiro atoms. The molecule has 0 heterocycles. The smallest absolute Gasteiger partial charge is 0.302 e. The lowest BCUT2D eigenvalue weighted by Crippen LogP contribution is -2.39. The second-order valence-electron chi connectivity index (χ2n) is 10.6. The third-order valence-corrected chi connectivity index (χ3v) is 7.68. The Balaban J connectivity index is 3.06. The number of halogens is 1. The molecule has 0 aromatic heterocycles. The fourth-order valence-corrected chi connectivity index (χ4v) is 5.21. The molecule has 1 aromatic carbocycles. The molecule has 0 radical (unpaired) electrons. The van der Waals surface area contributed by atoms with Crippen LogP contribution in [0.5, 0.6) is 11.5 Å². The van der Waals surface area contributed by atoms with Crippen LogP contribution in [-0.2, 0) is 25.5 Å². The van der Waals surface area contributed by atoms with Gasteiger partial charge < -0.3 is 23.8 Å². The Kier molecular flexibility index (Phi) is 15.2. The molecule has 8 heteroatoms. The molecule has 0 unspecified atom stereocenters. The number of methoxy groups -OCH3 is 2. The lowest BCUT2D eigenvalue weighted by Gasteiger charge is -2.32. The minimum Gasteiger partial charge on any atom is -0.493 e. The Hall–Kier alpha value is -1.80. The molecule has 0 saturated heterocycles. The van der Waals surface area contributed by atoms with Crippen molar-refractivity contribution in [3.05, 3.63) is 23.8 Å². The van der Waals surface area contributed by atoms with E-state index in [1.807, 2.05) is 19.9 Å². The summed E-state index contributed by atoms with van der Waals surface area (Å²) in [5.74, 6) is 1.79. The maximum atomic E-state index is 12.8. The van der Waals surface area contributed by atoms with E-state index in [0.29, 0.717) is 37.2 Å². The molecule has 7 nitrogen and oxygen atoms in total. The third kappa shape index (κ3) is 11.6. The zero-order chi connectivity index (χ0) is 28.1. The summed E-state index contributed by atoms with van der Waals surface area (Å²) in [5, 5.41) is 0. The molecule has 0 bridgehead atoms. The van der Waals surface area contributed by atoms with Crippen molar-refractivity contribution in [3.8, 4) is 11.5 Å². The van der Waals surface area contributed by atoms with E-state index < -0.39 is 6.10 Å². The topological polar surface area (TPSA) is 74.3 Å². The molecule has 0 aliphatic heterocycles. The second kappa shape index (κ2) is 16.9. The molecule has 1 aromatic rings. The van der Waals surface area contributed by atoms with Crippen LogP contribution in [0.3, 0.4) is 0 Å². The van der Waals surface area contributed by atoms with Gasteiger partial charge in [-0.05, 0) is 54.7 Å². The third-order valence-electron chi connectivity index (χ3n) is 6.72. The molecule has 0 fully saturated rings. The van der Waals surface area contributed by atoms with Crippen LogP contribution in [0.2, 0.25) is 0 Å². The average Bonchev–Trinajstić information content (AvgIpc) is 2.83. The molecular weight excluding hydrogens is 538 g/mol. The number of amides is 1. The molecule has 4 atom stereocenters. The van der Waals surface area contributed by atoms with Gasteiger partial charge in [0.1, 0.15) is 6.10 Å². The number of esters is 1. The summed E-state index contributed by atoms with van der Waals surface area (Å²) in [5.41, 5.74) is 1.16. The van der Waals surface area contributed by atoms with Crippen LogP contribution in [-0.4, -0.2) is 69.2 Å². The van der Waals surface area contributed by atoms with Gasteiger partial charge in [-0.1, -0.05) is 49.7 Å². The Bertz CT molecular complexity index is 829. The van der Waals surface area contributed by atoms with Crippen molar-refractivity contribution >= 4 is 27.8 Å². The summed E-state index contributed by atoms with van der Waals surface area (Å²) in [6, 6.07) is 6.08. The summed E-state index contributed by atoms with van der Waals surface area (Å²) in [4.78, 5) is 26.4. The predicted molar refractivity (Wildman–Crippen MR) is 152 cm³/mol. The van der Waals surface area contributed by atoms with Crippen molar-refractivity contribution in [2.24, 2.45) is 23.7 Å². The van der Waals surface area contributed by atoms with E-state index in [-0.39, 0.29) is 28.5 Å². The fraction of sp³-hybridized carbons (Fsp3) is 0.724. The number of carbonyl (C=O) groups excluding carboxylic acids is 2. The number of hydrogen-bond acceptors (Lipinski definition) is 6. The minimum atomic E-state index is -0.398. The summed E-state index contributed by atoms with van der Waals surface area (Å²) < 4.78 is 22.3. The molecule has 0 N–H and O–H groups in total. The average molecular weight is 587 g/mol. The van der Waals surface area contributed by atoms with Crippen molar-refractivity contribution in [3.63, 3.8) is 0 Å². The number of carbonyl (C=O) groups is 2. The maximum absolute atomic E-state index is 12.8. The highest BCUT2D eigenvalue weighted by Gasteiger charge is 2.33. The van der Waals surface area contributed by atoms with E-state index in [0.717, 1.165) is 30.6 Å². The van der Waals surface area contributed by atoms with Gasteiger partial charge in [-0.25, -0.2) is 0 Å². The molecule has 0 saturated carbocycles. The number of rotatable bonds is 17. The van der Waals surface area contributed by atoms with Crippen molar-refractivity contribution in [2.75, 3.05) is 41.5 Å². The molecule has 1 amide bonds. The van der Waals surface area contributed by atoms with Gasteiger partial charge in [0, 0.05) is 47.1 Å². The van der Waals surface area contributed by atoms with Gasteiger partial charge in [0.25, 0.3) is 0 Å². The lowest BCUT2D eigenvalue weighted by atomic mass is 9.82. The van der Waals surface area contributed by atoms with Crippen LogP contribution in [0, 0.1) is 23.7 Å². The van der Waals surface area contributed by atoms with Crippen molar-refractivity contribution in [2.45, 2.75) is 71.2 Å². The Labute approximate surface area is 232 Å². The van der Waals surface area contributed by atoms with E-state index in [1.165, 1.54) is 6.92 Å². The highest BCUT2D eigenvalue weighted by Crippen LogP contribution is 2.34. The van der Waals surface area contributed by atoms with Gasteiger partial charge in [-0.2, -0.15) is 0 Å². The monoisotopic (exact) mass is 585 g/mol. The fourth-order valence-electron chi connectivity index (χ4n) is 4.40. The lowest BCUT2D eigenvalue weighted by molar-refractivity contribution is -0.149. The van der Waals surface area contributed by atoms with Gasteiger partial charge >= 0.3 is 5.97 Å². The highest BCUT2D eigenvalue weighted by molar-refractivity contribution is 9.09. The molecule has 0 aliphatic carbocycles. The van der Waals surface area contributed by atoms with Gasteiger partial charge in [0.05, 0.1) is 18.5 Å². The zero-order valence-electron chi connectivity index (χ0n) is 24.2. The predicted octanol–water partition coefficient (Wildman–Crippen LogP) is 5.76. The Morgan fingerprint density at radius 1 is 0.973 bits per heavy atom. The van der Waals surface area contributed by atoms with Gasteiger partial charge in [0.15, 0.2) is 11.5 Å². The van der Waals surface area contributed by atoms with Crippen LogP contribution < -0.4 is 9.47 Å². The summed E-state index contributed by atoms with van der Waals surface area (Å²) in [6.45, 7) is 11.1. The largest absolute Gasteiger partial charge is 0.493 e. The molecule has 212 valence electrons. The summed E-state index contributed by atoms with van der Waals surface area (Å²) in [6.07, 6.45) is 2.53. The number of alkyl halides is 1. The Morgan fingerprint density at radius 3 is 2.16 bits per heavy atom. The number of benzene rings is 1. The highest BCUT2D eigenvalue weighted by atomic mass is 79.9. The van der Waals surface area contributed by atoms with Crippen LogP contribution in [0.1, 0.15) is 59.4 Å². The van der Waals surface area contributed by atoms with Crippen LogP contribution in [0.15, 0.2) is 18.2 Å². The first-order valence-electron chi connectivity index (χ1n) is 13.2. The van der Waals surface area contributed by atoms with E-state index in [9.17, 15) is 9.59 Å². The first kappa shape index (κ1) is 33.2. The minimum absolute atomic E-state index is 0.0588. The first-order chi connectivity index (χ1) is 17.4.